The number of amides is 1. The SMILES string of the molecule is O=C(Nc1ccc([N+](=O)[O-])cc1)c1cc(C(=O)O)on1. The van der Waals surface area contributed by atoms with Crippen molar-refractivity contribution in [3.05, 3.63) is 51.9 Å². The molecular weight excluding hydrogens is 270 g/mol. The topological polar surface area (TPSA) is 136 Å². The van der Waals surface area contributed by atoms with Crippen molar-refractivity contribution < 1.29 is 24.1 Å². The van der Waals surface area contributed by atoms with Gasteiger partial charge in [-0.05, 0) is 12.1 Å². The van der Waals surface area contributed by atoms with Crippen molar-refractivity contribution in [1.29, 1.82) is 0 Å². The van der Waals surface area contributed by atoms with E-state index in [4.69, 9.17) is 5.11 Å². The summed E-state index contributed by atoms with van der Waals surface area (Å²) in [5.74, 6) is -2.49. The highest BCUT2D eigenvalue weighted by Gasteiger charge is 2.16. The van der Waals surface area contributed by atoms with Gasteiger partial charge in [-0.3, -0.25) is 14.9 Å². The second-order valence-electron chi connectivity index (χ2n) is 3.64. The molecule has 0 aliphatic rings. The molecule has 0 aliphatic heterocycles. The van der Waals surface area contributed by atoms with Gasteiger partial charge in [-0.15, -0.1) is 0 Å². The van der Waals surface area contributed by atoms with Gasteiger partial charge < -0.3 is 14.9 Å². The number of nitrogens with zero attached hydrogens (tertiary/aromatic N) is 2. The lowest BCUT2D eigenvalue weighted by Crippen LogP contribution is -2.12. The minimum atomic E-state index is -1.34. The molecule has 20 heavy (non-hydrogen) atoms. The number of nitrogens with one attached hydrogen (secondary N) is 1. The second-order valence-corrected chi connectivity index (χ2v) is 3.64. The molecule has 2 aromatic rings. The van der Waals surface area contributed by atoms with Gasteiger partial charge in [0.1, 0.15) is 0 Å². The molecule has 0 bridgehead atoms. The second kappa shape index (κ2) is 5.18. The molecule has 102 valence electrons. The van der Waals surface area contributed by atoms with Crippen LogP contribution in [-0.4, -0.2) is 27.1 Å². The summed E-state index contributed by atoms with van der Waals surface area (Å²) in [4.78, 5) is 32.2. The molecule has 2 N–H and O–H groups in total. The number of aromatic nitrogens is 1. The fraction of sp³-hybridized carbons (Fsp3) is 0. The van der Waals surface area contributed by atoms with Crippen molar-refractivity contribution in [2.24, 2.45) is 0 Å². The van der Waals surface area contributed by atoms with E-state index in [1.54, 1.807) is 0 Å². The molecule has 9 nitrogen and oxygen atoms in total. The normalized spacial score (nSPS) is 10.0. The van der Waals surface area contributed by atoms with Crippen LogP contribution >= 0.6 is 0 Å². The molecule has 0 unspecified atom stereocenters. The summed E-state index contributed by atoms with van der Waals surface area (Å²) in [6.45, 7) is 0. The van der Waals surface area contributed by atoms with Crippen molar-refractivity contribution in [3.8, 4) is 0 Å². The molecule has 1 aromatic carbocycles. The Labute approximate surface area is 111 Å². The quantitative estimate of drug-likeness (QED) is 0.638. The van der Waals surface area contributed by atoms with Crippen LogP contribution < -0.4 is 5.32 Å². The summed E-state index contributed by atoms with van der Waals surface area (Å²) in [7, 11) is 0. The Morgan fingerprint density at radius 2 is 1.95 bits per heavy atom. The Kier molecular flexibility index (Phi) is 3.42. The van der Waals surface area contributed by atoms with Crippen LogP contribution in [0.3, 0.4) is 0 Å². The molecule has 9 heteroatoms. The molecule has 0 fully saturated rings. The van der Waals surface area contributed by atoms with E-state index in [0.29, 0.717) is 5.69 Å². The summed E-state index contributed by atoms with van der Waals surface area (Å²) in [6, 6.07) is 6.10. The number of nitro groups is 1. The maximum atomic E-state index is 11.7. The van der Waals surface area contributed by atoms with Gasteiger partial charge in [0.05, 0.1) is 4.92 Å². The van der Waals surface area contributed by atoms with Gasteiger partial charge >= 0.3 is 5.97 Å². The third kappa shape index (κ3) is 2.77. The first-order chi connectivity index (χ1) is 9.47. The molecule has 0 saturated heterocycles. The zero-order valence-electron chi connectivity index (χ0n) is 9.77. The maximum Gasteiger partial charge on any atom is 0.374 e. The standard InChI is InChI=1S/C11H7N3O6/c15-10(8-5-9(11(16)17)20-13-8)12-6-1-3-7(4-2-6)14(18)19/h1-5H,(H,12,15)(H,16,17). The molecule has 1 heterocycles. The van der Waals surface area contributed by atoms with E-state index in [1.165, 1.54) is 24.3 Å². The molecule has 0 radical (unpaired) electrons. The van der Waals surface area contributed by atoms with E-state index in [-0.39, 0.29) is 11.4 Å². The van der Waals surface area contributed by atoms with Gasteiger partial charge in [-0.25, -0.2) is 4.79 Å². The first-order valence-corrected chi connectivity index (χ1v) is 5.23. The highest BCUT2D eigenvalue weighted by molar-refractivity contribution is 6.03. The number of carbonyl (C=O) groups excluding carboxylic acids is 1. The number of non-ortho nitro benzene ring substituents is 1. The molecule has 2 rings (SSSR count). The lowest BCUT2D eigenvalue weighted by Gasteiger charge is -2.01. The van der Waals surface area contributed by atoms with Crippen LogP contribution in [0.2, 0.25) is 0 Å². The van der Waals surface area contributed by atoms with Gasteiger partial charge in [0.2, 0.25) is 5.76 Å². The van der Waals surface area contributed by atoms with E-state index in [9.17, 15) is 19.7 Å². The predicted octanol–water partition coefficient (Wildman–Crippen LogP) is 1.53. The summed E-state index contributed by atoms with van der Waals surface area (Å²) in [5.41, 5.74) is -0.0150. The summed E-state index contributed by atoms with van der Waals surface area (Å²) < 4.78 is 4.44. The van der Waals surface area contributed by atoms with E-state index >= 15 is 0 Å². The van der Waals surface area contributed by atoms with E-state index in [2.05, 4.69) is 15.0 Å². The van der Waals surface area contributed by atoms with Crippen LogP contribution in [0.5, 0.6) is 0 Å². The molecule has 1 amide bonds. The first-order valence-electron chi connectivity index (χ1n) is 5.23. The number of nitro benzene ring substituents is 1. The third-order valence-electron chi connectivity index (χ3n) is 2.29. The molecule has 0 spiro atoms. The van der Waals surface area contributed by atoms with Crippen molar-refractivity contribution in [3.63, 3.8) is 0 Å². The fourth-order valence-electron chi connectivity index (χ4n) is 1.34. The van der Waals surface area contributed by atoms with Crippen LogP contribution in [0.1, 0.15) is 21.0 Å². The lowest BCUT2D eigenvalue weighted by atomic mass is 10.2. The Balaban J connectivity index is 2.10. The van der Waals surface area contributed by atoms with Gasteiger partial charge in [0, 0.05) is 23.9 Å². The third-order valence-corrected chi connectivity index (χ3v) is 2.29. The maximum absolute atomic E-state index is 11.7. The first kappa shape index (κ1) is 13.2. The largest absolute Gasteiger partial charge is 0.475 e. The Hall–Kier alpha value is -3.23. The van der Waals surface area contributed by atoms with E-state index < -0.39 is 22.6 Å². The van der Waals surface area contributed by atoms with Crippen molar-refractivity contribution >= 4 is 23.3 Å². The smallest absolute Gasteiger partial charge is 0.374 e. The minimum Gasteiger partial charge on any atom is -0.475 e. The zero-order valence-corrected chi connectivity index (χ0v) is 9.77. The van der Waals surface area contributed by atoms with Crippen molar-refractivity contribution in [1.82, 2.24) is 5.16 Å². The number of carboxylic acids is 1. The molecular formula is C11H7N3O6. The highest BCUT2D eigenvalue weighted by atomic mass is 16.6. The number of rotatable bonds is 4. The van der Waals surface area contributed by atoms with Gasteiger partial charge in [0.25, 0.3) is 11.6 Å². The number of aromatic carboxylic acids is 1. The number of hydrogen-bond acceptors (Lipinski definition) is 6. The van der Waals surface area contributed by atoms with Gasteiger partial charge in [-0.1, -0.05) is 5.16 Å². The summed E-state index contributed by atoms with van der Waals surface area (Å²) in [5, 5.41) is 24.8. The Morgan fingerprint density at radius 1 is 1.30 bits per heavy atom. The van der Waals surface area contributed by atoms with Crippen LogP contribution in [0.4, 0.5) is 11.4 Å². The summed E-state index contributed by atoms with van der Waals surface area (Å²) in [6.07, 6.45) is 0. The average Bonchev–Trinajstić information content (AvgIpc) is 2.89. The fourth-order valence-corrected chi connectivity index (χ4v) is 1.34. The number of carboxylic acid groups (broad SMARTS) is 1. The van der Waals surface area contributed by atoms with Crippen molar-refractivity contribution in [2.75, 3.05) is 5.32 Å². The Bertz CT molecular complexity index is 676. The molecule has 0 aliphatic carbocycles. The van der Waals surface area contributed by atoms with Gasteiger partial charge in [-0.2, -0.15) is 0 Å². The molecule has 0 saturated carbocycles. The monoisotopic (exact) mass is 277 g/mol. The van der Waals surface area contributed by atoms with Crippen molar-refractivity contribution in [2.45, 2.75) is 0 Å². The van der Waals surface area contributed by atoms with Crippen LogP contribution in [0.15, 0.2) is 34.9 Å². The van der Waals surface area contributed by atoms with Crippen LogP contribution in [-0.2, 0) is 0 Å². The molecule has 1 aromatic heterocycles. The number of hydrogen-bond donors (Lipinski definition) is 2. The number of anilines is 1. The summed E-state index contributed by atoms with van der Waals surface area (Å²) >= 11 is 0. The highest BCUT2D eigenvalue weighted by Crippen LogP contribution is 2.16. The van der Waals surface area contributed by atoms with Crippen LogP contribution in [0, 0.1) is 10.1 Å². The van der Waals surface area contributed by atoms with E-state index in [0.717, 1.165) is 6.07 Å². The lowest BCUT2D eigenvalue weighted by molar-refractivity contribution is -0.384. The average molecular weight is 277 g/mol. The predicted molar refractivity (Wildman–Crippen MR) is 64.5 cm³/mol. The van der Waals surface area contributed by atoms with E-state index in [1.807, 2.05) is 0 Å². The van der Waals surface area contributed by atoms with Gasteiger partial charge in [0.15, 0.2) is 5.69 Å². The minimum absolute atomic E-state index is 0.113. The Morgan fingerprint density at radius 3 is 2.45 bits per heavy atom. The zero-order chi connectivity index (χ0) is 14.7. The van der Waals surface area contributed by atoms with Crippen LogP contribution in [0.25, 0.3) is 0 Å². The number of benzene rings is 1. The number of carbonyl (C=O) groups is 2. The molecule has 0 atom stereocenters.